The molecule has 0 unspecified atom stereocenters. The van der Waals surface area contributed by atoms with Crippen LogP contribution in [0.5, 0.6) is 11.5 Å². The Hall–Kier alpha value is -1.94. The van der Waals surface area contributed by atoms with Crippen molar-refractivity contribution in [2.75, 3.05) is 6.54 Å². The predicted octanol–water partition coefficient (Wildman–Crippen LogP) is 4.57. The zero-order valence-electron chi connectivity index (χ0n) is 12.2. The summed E-state index contributed by atoms with van der Waals surface area (Å²) in [6, 6.07) is 9.03. The number of nitrogens with one attached hydrogen (secondary N) is 1. The molecule has 0 saturated heterocycles. The smallest absolute Gasteiger partial charge is 0.132 e. The second kappa shape index (κ2) is 7.18. The van der Waals surface area contributed by atoms with Gasteiger partial charge in [-0.3, -0.25) is 0 Å². The Bertz CT molecular complexity index is 614. The Kier molecular flexibility index (Phi) is 5.28. The van der Waals surface area contributed by atoms with Gasteiger partial charge in [0.25, 0.3) is 0 Å². The number of halogens is 2. The van der Waals surface area contributed by atoms with Crippen molar-refractivity contribution in [2.45, 2.75) is 26.8 Å². The van der Waals surface area contributed by atoms with Crippen LogP contribution in [-0.2, 0) is 6.54 Å². The molecule has 0 fully saturated rings. The molecule has 2 aromatic rings. The van der Waals surface area contributed by atoms with Crippen LogP contribution in [0.1, 0.15) is 24.5 Å². The van der Waals surface area contributed by atoms with E-state index in [4.69, 9.17) is 4.74 Å². The summed E-state index contributed by atoms with van der Waals surface area (Å²) in [6.07, 6.45) is 0.995. The zero-order chi connectivity index (χ0) is 15.2. The quantitative estimate of drug-likeness (QED) is 0.787. The predicted molar refractivity (Wildman–Crippen MR) is 79.6 cm³/mol. The fourth-order valence-corrected chi connectivity index (χ4v) is 1.95. The summed E-state index contributed by atoms with van der Waals surface area (Å²) in [4.78, 5) is 0. The van der Waals surface area contributed by atoms with E-state index in [1.54, 1.807) is 25.1 Å². The lowest BCUT2D eigenvalue weighted by Crippen LogP contribution is -2.14. The standard InChI is InChI=1S/C17H19F2NO/c1-3-8-20-11-13-9-14(18)5-7-17(13)21-15-6-4-12(2)16(19)10-15/h4-7,9-10,20H,3,8,11H2,1-2H3. The maximum Gasteiger partial charge on any atom is 0.132 e. The van der Waals surface area contributed by atoms with E-state index in [0.717, 1.165) is 13.0 Å². The van der Waals surface area contributed by atoms with Crippen LogP contribution in [0.4, 0.5) is 8.78 Å². The van der Waals surface area contributed by atoms with Gasteiger partial charge >= 0.3 is 0 Å². The molecular weight excluding hydrogens is 272 g/mol. The SMILES string of the molecule is CCCNCc1cc(F)ccc1Oc1ccc(C)c(F)c1. The Labute approximate surface area is 123 Å². The van der Waals surface area contributed by atoms with Crippen LogP contribution in [0, 0.1) is 18.6 Å². The Balaban J connectivity index is 2.19. The average molecular weight is 291 g/mol. The van der Waals surface area contributed by atoms with E-state index < -0.39 is 0 Å². The largest absolute Gasteiger partial charge is 0.457 e. The van der Waals surface area contributed by atoms with Crippen LogP contribution < -0.4 is 10.1 Å². The molecule has 0 bridgehead atoms. The molecule has 4 heteroatoms. The van der Waals surface area contributed by atoms with Gasteiger partial charge in [-0.2, -0.15) is 0 Å². The minimum Gasteiger partial charge on any atom is -0.457 e. The fraction of sp³-hybridized carbons (Fsp3) is 0.294. The molecule has 0 saturated carbocycles. The maximum absolute atomic E-state index is 13.5. The van der Waals surface area contributed by atoms with Crippen LogP contribution in [0.25, 0.3) is 0 Å². The Morgan fingerprint density at radius 2 is 1.90 bits per heavy atom. The molecule has 0 amide bonds. The molecule has 0 spiro atoms. The number of ether oxygens (including phenoxy) is 1. The summed E-state index contributed by atoms with van der Waals surface area (Å²) in [5.74, 6) is 0.302. The third kappa shape index (κ3) is 4.26. The van der Waals surface area contributed by atoms with Gasteiger partial charge in [-0.25, -0.2) is 8.78 Å². The van der Waals surface area contributed by atoms with Gasteiger partial charge in [0.05, 0.1) is 0 Å². The van der Waals surface area contributed by atoms with Gasteiger partial charge in [0.15, 0.2) is 0 Å². The first kappa shape index (κ1) is 15.4. The highest BCUT2D eigenvalue weighted by atomic mass is 19.1. The molecule has 0 radical (unpaired) electrons. The maximum atomic E-state index is 13.5. The van der Waals surface area contributed by atoms with Gasteiger partial charge in [-0.15, -0.1) is 0 Å². The highest BCUT2D eigenvalue weighted by molar-refractivity contribution is 5.39. The number of rotatable bonds is 6. The van der Waals surface area contributed by atoms with Crippen LogP contribution in [0.2, 0.25) is 0 Å². The van der Waals surface area contributed by atoms with Gasteiger partial charge in [0.1, 0.15) is 23.1 Å². The van der Waals surface area contributed by atoms with Crippen molar-refractivity contribution in [1.82, 2.24) is 5.32 Å². The molecule has 21 heavy (non-hydrogen) atoms. The lowest BCUT2D eigenvalue weighted by atomic mass is 10.2. The first-order chi connectivity index (χ1) is 10.1. The molecule has 0 aromatic heterocycles. The molecule has 0 aliphatic rings. The fourth-order valence-electron chi connectivity index (χ4n) is 1.95. The summed E-state index contributed by atoms with van der Waals surface area (Å²) in [7, 11) is 0. The lowest BCUT2D eigenvalue weighted by Gasteiger charge is -2.12. The molecule has 2 nitrogen and oxygen atoms in total. The van der Waals surface area contributed by atoms with Crippen molar-refractivity contribution in [3.63, 3.8) is 0 Å². The van der Waals surface area contributed by atoms with E-state index in [9.17, 15) is 8.78 Å². The van der Waals surface area contributed by atoms with Crippen molar-refractivity contribution in [1.29, 1.82) is 0 Å². The van der Waals surface area contributed by atoms with Crippen LogP contribution >= 0.6 is 0 Å². The summed E-state index contributed by atoms with van der Waals surface area (Å²) in [5.41, 5.74) is 1.27. The van der Waals surface area contributed by atoms with Crippen LogP contribution in [-0.4, -0.2) is 6.54 Å². The average Bonchev–Trinajstić information content (AvgIpc) is 2.46. The molecule has 2 aromatic carbocycles. The van der Waals surface area contributed by atoms with Crippen molar-refractivity contribution >= 4 is 0 Å². The van der Waals surface area contributed by atoms with Gasteiger partial charge < -0.3 is 10.1 Å². The van der Waals surface area contributed by atoms with E-state index in [1.807, 2.05) is 0 Å². The zero-order valence-corrected chi connectivity index (χ0v) is 12.2. The molecule has 2 rings (SSSR count). The first-order valence-corrected chi connectivity index (χ1v) is 7.03. The number of hydrogen-bond acceptors (Lipinski definition) is 2. The van der Waals surface area contributed by atoms with E-state index in [1.165, 1.54) is 18.2 Å². The highest BCUT2D eigenvalue weighted by Gasteiger charge is 2.08. The third-order valence-corrected chi connectivity index (χ3v) is 3.14. The summed E-state index contributed by atoms with van der Waals surface area (Å²) < 4.78 is 32.6. The van der Waals surface area contributed by atoms with Gasteiger partial charge in [0, 0.05) is 18.2 Å². The first-order valence-electron chi connectivity index (χ1n) is 7.03. The van der Waals surface area contributed by atoms with E-state index >= 15 is 0 Å². The number of aryl methyl sites for hydroxylation is 1. The summed E-state index contributed by atoms with van der Waals surface area (Å²) in [5, 5.41) is 3.20. The van der Waals surface area contributed by atoms with Crippen LogP contribution in [0.15, 0.2) is 36.4 Å². The number of hydrogen-bond donors (Lipinski definition) is 1. The normalized spacial score (nSPS) is 10.7. The third-order valence-electron chi connectivity index (χ3n) is 3.14. The van der Waals surface area contributed by atoms with Gasteiger partial charge in [-0.05, 0) is 49.7 Å². The second-order valence-corrected chi connectivity index (χ2v) is 4.94. The molecule has 0 aliphatic carbocycles. The molecule has 0 atom stereocenters. The summed E-state index contributed by atoms with van der Waals surface area (Å²) >= 11 is 0. The minimum atomic E-state index is -0.319. The van der Waals surface area contributed by atoms with Crippen molar-refractivity contribution in [2.24, 2.45) is 0 Å². The monoisotopic (exact) mass is 291 g/mol. The van der Waals surface area contributed by atoms with E-state index in [-0.39, 0.29) is 11.6 Å². The summed E-state index contributed by atoms with van der Waals surface area (Å²) in [6.45, 7) is 5.10. The van der Waals surface area contributed by atoms with E-state index in [0.29, 0.717) is 29.2 Å². The van der Waals surface area contributed by atoms with Gasteiger partial charge in [-0.1, -0.05) is 13.0 Å². The van der Waals surface area contributed by atoms with Crippen molar-refractivity contribution in [3.8, 4) is 11.5 Å². The second-order valence-electron chi connectivity index (χ2n) is 4.94. The highest BCUT2D eigenvalue weighted by Crippen LogP contribution is 2.27. The molecule has 112 valence electrons. The Morgan fingerprint density at radius 3 is 2.62 bits per heavy atom. The van der Waals surface area contributed by atoms with Crippen LogP contribution in [0.3, 0.4) is 0 Å². The minimum absolute atomic E-state index is 0.314. The Morgan fingerprint density at radius 1 is 1.10 bits per heavy atom. The topological polar surface area (TPSA) is 21.3 Å². The van der Waals surface area contributed by atoms with E-state index in [2.05, 4.69) is 12.2 Å². The van der Waals surface area contributed by atoms with Gasteiger partial charge in [0.2, 0.25) is 0 Å². The van der Waals surface area contributed by atoms with Crippen molar-refractivity contribution in [3.05, 3.63) is 59.2 Å². The molecule has 0 aliphatic heterocycles. The van der Waals surface area contributed by atoms with Crippen molar-refractivity contribution < 1.29 is 13.5 Å². The molecule has 0 heterocycles. The number of benzene rings is 2. The molecular formula is C17H19F2NO. The lowest BCUT2D eigenvalue weighted by molar-refractivity contribution is 0.464. The molecule has 1 N–H and O–H groups in total.